The highest BCUT2D eigenvalue weighted by molar-refractivity contribution is 6.34. The third-order valence-corrected chi connectivity index (χ3v) is 3.58. The average molecular weight is 356 g/mol. The van der Waals surface area contributed by atoms with E-state index in [4.69, 9.17) is 27.9 Å². The lowest BCUT2D eigenvalue weighted by Gasteiger charge is -2.14. The number of carbonyl (C=O) groups excluding carboxylic acids is 2. The Morgan fingerprint density at radius 1 is 1.13 bits per heavy atom. The molecule has 0 saturated carbocycles. The monoisotopic (exact) mass is 355 g/mol. The molecule has 1 N–H and O–H groups in total. The van der Waals surface area contributed by atoms with Crippen molar-refractivity contribution < 1.29 is 18.7 Å². The zero-order valence-corrected chi connectivity index (χ0v) is 13.5. The van der Waals surface area contributed by atoms with Crippen molar-refractivity contribution in [3.63, 3.8) is 0 Å². The summed E-state index contributed by atoms with van der Waals surface area (Å²) in [5, 5.41) is 2.73. The number of anilines is 1. The number of carbonyl (C=O) groups is 2. The molecule has 0 aromatic heterocycles. The van der Waals surface area contributed by atoms with Crippen molar-refractivity contribution in [1.82, 2.24) is 0 Å². The van der Waals surface area contributed by atoms with Crippen LogP contribution in [0.1, 0.15) is 17.3 Å². The Kier molecular flexibility index (Phi) is 5.58. The first-order chi connectivity index (χ1) is 10.9. The normalized spacial score (nSPS) is 11.7. The molecular formula is C16H12Cl2FNO3. The standard InChI is InChI=1S/C16H12Cl2FNO3/c1-9(23-16(22)11-4-2-3-5-12(11)17)15(21)20-14-7-6-10(19)8-13(14)18/h2-9H,1H3,(H,20,21)/t9-/m0/s1. The molecule has 0 spiro atoms. The van der Waals surface area contributed by atoms with E-state index in [0.717, 1.165) is 12.1 Å². The maximum atomic E-state index is 13.0. The fourth-order valence-corrected chi connectivity index (χ4v) is 2.16. The molecule has 1 amide bonds. The van der Waals surface area contributed by atoms with Gasteiger partial charge >= 0.3 is 5.97 Å². The van der Waals surface area contributed by atoms with E-state index < -0.39 is 23.8 Å². The zero-order valence-electron chi connectivity index (χ0n) is 12.0. The summed E-state index contributed by atoms with van der Waals surface area (Å²) in [5.41, 5.74) is 0.382. The summed E-state index contributed by atoms with van der Waals surface area (Å²) in [5.74, 6) is -1.84. The van der Waals surface area contributed by atoms with Gasteiger partial charge in [-0.2, -0.15) is 0 Å². The molecule has 0 radical (unpaired) electrons. The summed E-state index contributed by atoms with van der Waals surface area (Å²) >= 11 is 11.7. The van der Waals surface area contributed by atoms with Crippen molar-refractivity contribution in [3.8, 4) is 0 Å². The Morgan fingerprint density at radius 3 is 2.48 bits per heavy atom. The molecule has 0 saturated heterocycles. The lowest BCUT2D eigenvalue weighted by Crippen LogP contribution is -2.30. The van der Waals surface area contributed by atoms with Gasteiger partial charge in [-0.1, -0.05) is 35.3 Å². The summed E-state index contributed by atoms with van der Waals surface area (Å²) < 4.78 is 18.0. The van der Waals surface area contributed by atoms with Gasteiger partial charge in [-0.15, -0.1) is 0 Å². The molecule has 0 fully saturated rings. The summed E-state index contributed by atoms with van der Waals surface area (Å²) in [4.78, 5) is 24.0. The van der Waals surface area contributed by atoms with Crippen LogP contribution in [0.5, 0.6) is 0 Å². The van der Waals surface area contributed by atoms with Gasteiger partial charge in [0.1, 0.15) is 5.82 Å². The average Bonchev–Trinajstić information content (AvgIpc) is 2.50. The second kappa shape index (κ2) is 7.44. The summed E-state index contributed by atoms with van der Waals surface area (Å²) in [6.07, 6.45) is -1.08. The van der Waals surface area contributed by atoms with Crippen molar-refractivity contribution in [1.29, 1.82) is 0 Å². The number of rotatable bonds is 4. The number of amides is 1. The minimum absolute atomic E-state index is 0.0444. The van der Waals surface area contributed by atoms with E-state index in [0.29, 0.717) is 0 Å². The molecule has 0 aliphatic heterocycles. The first-order valence-electron chi connectivity index (χ1n) is 6.60. The van der Waals surface area contributed by atoms with Gasteiger partial charge in [0, 0.05) is 0 Å². The quantitative estimate of drug-likeness (QED) is 0.831. The number of esters is 1. The summed E-state index contributed by atoms with van der Waals surface area (Å²) in [6.45, 7) is 1.40. The molecule has 4 nitrogen and oxygen atoms in total. The molecule has 0 aliphatic carbocycles. The maximum Gasteiger partial charge on any atom is 0.340 e. The second-order valence-corrected chi connectivity index (χ2v) is 5.46. The van der Waals surface area contributed by atoms with Gasteiger partial charge < -0.3 is 10.1 Å². The van der Waals surface area contributed by atoms with Crippen molar-refractivity contribution in [3.05, 3.63) is 63.9 Å². The molecule has 120 valence electrons. The van der Waals surface area contributed by atoms with Crippen LogP contribution in [-0.4, -0.2) is 18.0 Å². The Morgan fingerprint density at radius 2 is 1.83 bits per heavy atom. The molecule has 23 heavy (non-hydrogen) atoms. The van der Waals surface area contributed by atoms with Crippen LogP contribution in [0.2, 0.25) is 10.0 Å². The first-order valence-corrected chi connectivity index (χ1v) is 7.35. The van der Waals surface area contributed by atoms with Crippen LogP contribution >= 0.6 is 23.2 Å². The largest absolute Gasteiger partial charge is 0.449 e. The van der Waals surface area contributed by atoms with Crippen molar-refractivity contribution in [2.24, 2.45) is 0 Å². The Bertz CT molecular complexity index is 752. The molecule has 0 unspecified atom stereocenters. The highest BCUT2D eigenvalue weighted by atomic mass is 35.5. The van der Waals surface area contributed by atoms with Gasteiger partial charge in [-0.3, -0.25) is 4.79 Å². The topological polar surface area (TPSA) is 55.4 Å². The molecule has 1 atom stereocenters. The third-order valence-electron chi connectivity index (χ3n) is 2.94. The van der Waals surface area contributed by atoms with Gasteiger partial charge in [-0.05, 0) is 37.3 Å². The predicted octanol–water partition coefficient (Wildman–Crippen LogP) is 4.32. The number of ether oxygens (including phenoxy) is 1. The molecule has 0 bridgehead atoms. The van der Waals surface area contributed by atoms with Crippen LogP contribution < -0.4 is 5.32 Å². The smallest absolute Gasteiger partial charge is 0.340 e. The molecule has 0 heterocycles. The van der Waals surface area contributed by atoms with E-state index >= 15 is 0 Å². The Labute approximate surface area is 142 Å². The first kappa shape index (κ1) is 17.2. The predicted molar refractivity (Wildman–Crippen MR) is 86.4 cm³/mol. The van der Waals surface area contributed by atoms with Gasteiger partial charge in [0.25, 0.3) is 5.91 Å². The van der Waals surface area contributed by atoms with E-state index in [1.54, 1.807) is 18.2 Å². The fourth-order valence-electron chi connectivity index (χ4n) is 1.73. The van der Waals surface area contributed by atoms with Crippen molar-refractivity contribution in [2.75, 3.05) is 5.32 Å². The molecule has 2 rings (SSSR count). The van der Waals surface area contributed by atoms with E-state index in [9.17, 15) is 14.0 Å². The molecule has 2 aromatic rings. The molecular weight excluding hydrogens is 344 g/mol. The van der Waals surface area contributed by atoms with E-state index in [1.165, 1.54) is 19.1 Å². The third kappa shape index (κ3) is 4.43. The Balaban J connectivity index is 2.03. The van der Waals surface area contributed by atoms with Gasteiger partial charge in [-0.25, -0.2) is 9.18 Å². The fraction of sp³-hybridized carbons (Fsp3) is 0.125. The number of nitrogens with one attached hydrogen (secondary N) is 1. The van der Waals surface area contributed by atoms with Crippen LogP contribution in [0.25, 0.3) is 0 Å². The van der Waals surface area contributed by atoms with Crippen molar-refractivity contribution in [2.45, 2.75) is 13.0 Å². The number of hydrogen-bond acceptors (Lipinski definition) is 3. The van der Waals surface area contributed by atoms with Crippen molar-refractivity contribution >= 4 is 40.8 Å². The summed E-state index contributed by atoms with van der Waals surface area (Å²) in [7, 11) is 0. The van der Waals surface area contributed by atoms with Gasteiger partial charge in [0.05, 0.1) is 21.3 Å². The Hall–Kier alpha value is -2.11. The van der Waals surface area contributed by atoms with Crippen LogP contribution in [0.3, 0.4) is 0 Å². The van der Waals surface area contributed by atoms with Crippen LogP contribution in [0, 0.1) is 5.82 Å². The maximum absolute atomic E-state index is 13.0. The number of halogens is 3. The minimum Gasteiger partial charge on any atom is -0.449 e. The highest BCUT2D eigenvalue weighted by Crippen LogP contribution is 2.23. The summed E-state index contributed by atoms with van der Waals surface area (Å²) in [6, 6.07) is 9.88. The highest BCUT2D eigenvalue weighted by Gasteiger charge is 2.21. The number of benzene rings is 2. The zero-order chi connectivity index (χ0) is 17.0. The van der Waals surface area contributed by atoms with E-state index in [1.807, 2.05) is 0 Å². The van der Waals surface area contributed by atoms with E-state index in [-0.39, 0.29) is 21.3 Å². The van der Waals surface area contributed by atoms with Crippen LogP contribution in [0.15, 0.2) is 42.5 Å². The minimum atomic E-state index is -1.08. The SMILES string of the molecule is C[C@H](OC(=O)c1ccccc1Cl)C(=O)Nc1ccc(F)cc1Cl. The molecule has 7 heteroatoms. The molecule has 0 aliphatic rings. The van der Waals surface area contributed by atoms with Crippen LogP contribution in [-0.2, 0) is 9.53 Å². The second-order valence-electron chi connectivity index (χ2n) is 4.64. The lowest BCUT2D eigenvalue weighted by molar-refractivity contribution is -0.123. The number of hydrogen-bond donors (Lipinski definition) is 1. The van der Waals surface area contributed by atoms with Gasteiger partial charge in [0.15, 0.2) is 6.10 Å². The molecule has 2 aromatic carbocycles. The van der Waals surface area contributed by atoms with Gasteiger partial charge in [0.2, 0.25) is 0 Å². The van der Waals surface area contributed by atoms with E-state index in [2.05, 4.69) is 5.32 Å². The lowest BCUT2D eigenvalue weighted by atomic mass is 10.2. The van der Waals surface area contributed by atoms with Crippen LogP contribution in [0.4, 0.5) is 10.1 Å².